The molecule has 0 aliphatic heterocycles. The Morgan fingerprint density at radius 3 is 2.44 bits per heavy atom. The molecule has 0 fully saturated rings. The third kappa shape index (κ3) is 2.14. The molecule has 0 radical (unpaired) electrons. The number of hydrogen-bond donors (Lipinski definition) is 1. The summed E-state index contributed by atoms with van der Waals surface area (Å²) >= 11 is 0. The molecule has 0 aliphatic carbocycles. The molecule has 2 rings (SSSR count). The average molecular weight is 243 g/mol. The lowest BCUT2D eigenvalue weighted by Crippen LogP contribution is -2.02. The number of nitrogens with zero attached hydrogens (tertiary/aromatic N) is 2. The molecule has 18 heavy (non-hydrogen) atoms. The van der Waals surface area contributed by atoms with Crippen LogP contribution in [0.2, 0.25) is 0 Å². The molecule has 1 aromatic heterocycles. The standard InChI is InChI=1S/C14H17N3O/c1-8-7-11(5-6-12(8)18-4)14-13(15)9(2)16-10(3)17-14/h5-7H,15H2,1-4H3. The summed E-state index contributed by atoms with van der Waals surface area (Å²) in [6.45, 7) is 5.76. The molecule has 0 saturated carbocycles. The Bertz CT molecular complexity index is 594. The van der Waals surface area contributed by atoms with Gasteiger partial charge in [0.1, 0.15) is 11.6 Å². The van der Waals surface area contributed by atoms with Crippen molar-refractivity contribution < 1.29 is 4.74 Å². The van der Waals surface area contributed by atoms with Gasteiger partial charge in [-0.2, -0.15) is 0 Å². The summed E-state index contributed by atoms with van der Waals surface area (Å²) in [5, 5.41) is 0. The number of aromatic nitrogens is 2. The van der Waals surface area contributed by atoms with Crippen molar-refractivity contribution in [1.82, 2.24) is 9.97 Å². The Hall–Kier alpha value is -2.10. The van der Waals surface area contributed by atoms with Crippen LogP contribution in [0.4, 0.5) is 5.69 Å². The summed E-state index contributed by atoms with van der Waals surface area (Å²) < 4.78 is 5.25. The number of methoxy groups -OCH3 is 1. The van der Waals surface area contributed by atoms with E-state index < -0.39 is 0 Å². The Balaban J connectivity index is 2.58. The van der Waals surface area contributed by atoms with E-state index in [1.54, 1.807) is 7.11 Å². The van der Waals surface area contributed by atoms with Crippen molar-refractivity contribution in [3.63, 3.8) is 0 Å². The maximum atomic E-state index is 6.05. The number of nitrogens with two attached hydrogens (primary N) is 1. The van der Waals surface area contributed by atoms with Crippen molar-refractivity contribution in [2.75, 3.05) is 12.8 Å². The quantitative estimate of drug-likeness (QED) is 0.880. The molecule has 0 atom stereocenters. The van der Waals surface area contributed by atoms with Crippen molar-refractivity contribution in [2.24, 2.45) is 0 Å². The summed E-state index contributed by atoms with van der Waals surface area (Å²) in [5.41, 5.74) is 10.3. The molecule has 94 valence electrons. The number of anilines is 1. The molecule has 1 aromatic carbocycles. The second kappa shape index (κ2) is 4.64. The molecular formula is C14H17N3O. The van der Waals surface area contributed by atoms with E-state index in [0.29, 0.717) is 5.69 Å². The van der Waals surface area contributed by atoms with E-state index >= 15 is 0 Å². The van der Waals surface area contributed by atoms with Crippen molar-refractivity contribution in [3.8, 4) is 17.0 Å². The van der Waals surface area contributed by atoms with Gasteiger partial charge in [-0.15, -0.1) is 0 Å². The maximum absolute atomic E-state index is 6.05. The predicted octanol–water partition coefficient (Wildman–Crippen LogP) is 2.66. The van der Waals surface area contributed by atoms with Crippen molar-refractivity contribution in [1.29, 1.82) is 0 Å². The van der Waals surface area contributed by atoms with Gasteiger partial charge in [0.2, 0.25) is 0 Å². The van der Waals surface area contributed by atoms with Gasteiger partial charge in [-0.05, 0) is 44.5 Å². The van der Waals surface area contributed by atoms with Gasteiger partial charge in [0.25, 0.3) is 0 Å². The van der Waals surface area contributed by atoms with Crippen LogP contribution in [0.1, 0.15) is 17.1 Å². The largest absolute Gasteiger partial charge is 0.496 e. The van der Waals surface area contributed by atoms with Crippen molar-refractivity contribution >= 4 is 5.69 Å². The molecule has 0 unspecified atom stereocenters. The molecule has 4 nitrogen and oxygen atoms in total. The van der Waals surface area contributed by atoms with Gasteiger partial charge in [0.15, 0.2) is 0 Å². The number of ether oxygens (including phenoxy) is 1. The van der Waals surface area contributed by atoms with E-state index in [-0.39, 0.29) is 0 Å². The second-order valence-corrected chi connectivity index (χ2v) is 4.30. The van der Waals surface area contributed by atoms with E-state index in [4.69, 9.17) is 10.5 Å². The average Bonchev–Trinajstić information content (AvgIpc) is 2.33. The number of nitrogen functional groups attached to an aromatic ring is 1. The Labute approximate surface area is 107 Å². The molecule has 0 amide bonds. The fourth-order valence-corrected chi connectivity index (χ4v) is 1.97. The van der Waals surface area contributed by atoms with Gasteiger partial charge in [-0.1, -0.05) is 0 Å². The molecular weight excluding hydrogens is 226 g/mol. The van der Waals surface area contributed by atoms with Crippen LogP contribution in [0.15, 0.2) is 18.2 Å². The molecule has 0 spiro atoms. The molecule has 2 N–H and O–H groups in total. The SMILES string of the molecule is COc1ccc(-c2nc(C)nc(C)c2N)cc1C. The van der Waals surface area contributed by atoms with Gasteiger partial charge >= 0.3 is 0 Å². The Kier molecular flexibility index (Phi) is 3.19. The van der Waals surface area contributed by atoms with Gasteiger partial charge in [-0.25, -0.2) is 9.97 Å². The van der Waals surface area contributed by atoms with E-state index in [9.17, 15) is 0 Å². The first-order valence-corrected chi connectivity index (χ1v) is 5.78. The zero-order valence-corrected chi connectivity index (χ0v) is 11.1. The smallest absolute Gasteiger partial charge is 0.126 e. The first-order valence-electron chi connectivity index (χ1n) is 5.78. The van der Waals surface area contributed by atoms with E-state index in [0.717, 1.165) is 34.1 Å². The van der Waals surface area contributed by atoms with Gasteiger partial charge in [0, 0.05) is 5.56 Å². The van der Waals surface area contributed by atoms with Crippen LogP contribution in [-0.2, 0) is 0 Å². The summed E-state index contributed by atoms with van der Waals surface area (Å²) in [7, 11) is 1.66. The van der Waals surface area contributed by atoms with Crippen LogP contribution in [0, 0.1) is 20.8 Å². The van der Waals surface area contributed by atoms with Crippen LogP contribution < -0.4 is 10.5 Å². The molecule has 0 bridgehead atoms. The number of hydrogen-bond acceptors (Lipinski definition) is 4. The van der Waals surface area contributed by atoms with Crippen LogP contribution in [0.5, 0.6) is 5.75 Å². The third-order valence-corrected chi connectivity index (χ3v) is 2.92. The summed E-state index contributed by atoms with van der Waals surface area (Å²) in [4.78, 5) is 8.68. The second-order valence-electron chi connectivity index (χ2n) is 4.30. The van der Waals surface area contributed by atoms with Crippen molar-refractivity contribution in [2.45, 2.75) is 20.8 Å². The molecule has 0 saturated heterocycles. The lowest BCUT2D eigenvalue weighted by molar-refractivity contribution is 0.412. The Morgan fingerprint density at radius 2 is 1.83 bits per heavy atom. The topological polar surface area (TPSA) is 61.0 Å². The lowest BCUT2D eigenvalue weighted by Gasteiger charge is -2.11. The summed E-state index contributed by atoms with van der Waals surface area (Å²) in [6, 6.07) is 5.91. The van der Waals surface area contributed by atoms with Gasteiger partial charge in [-0.3, -0.25) is 0 Å². The fraction of sp³-hybridized carbons (Fsp3) is 0.286. The minimum Gasteiger partial charge on any atom is -0.496 e. The van der Waals surface area contributed by atoms with E-state index in [1.807, 2.05) is 39.0 Å². The highest BCUT2D eigenvalue weighted by Crippen LogP contribution is 2.29. The minimum atomic E-state index is 0.630. The highest BCUT2D eigenvalue weighted by atomic mass is 16.5. The molecule has 4 heteroatoms. The summed E-state index contributed by atoms with van der Waals surface area (Å²) in [5.74, 6) is 1.59. The van der Waals surface area contributed by atoms with E-state index in [2.05, 4.69) is 9.97 Å². The Morgan fingerprint density at radius 1 is 1.11 bits per heavy atom. The number of rotatable bonds is 2. The van der Waals surface area contributed by atoms with Gasteiger partial charge in [0.05, 0.1) is 24.2 Å². The minimum absolute atomic E-state index is 0.630. The molecule has 2 aromatic rings. The first kappa shape index (κ1) is 12.4. The third-order valence-electron chi connectivity index (χ3n) is 2.92. The molecule has 0 aliphatic rings. The normalized spacial score (nSPS) is 10.4. The van der Waals surface area contributed by atoms with Gasteiger partial charge < -0.3 is 10.5 Å². The zero-order valence-electron chi connectivity index (χ0n) is 11.1. The van der Waals surface area contributed by atoms with E-state index in [1.165, 1.54) is 0 Å². The fourth-order valence-electron chi connectivity index (χ4n) is 1.97. The highest BCUT2D eigenvalue weighted by Gasteiger charge is 2.10. The molecule has 1 heterocycles. The summed E-state index contributed by atoms with van der Waals surface area (Å²) in [6.07, 6.45) is 0. The number of aryl methyl sites for hydroxylation is 3. The highest BCUT2D eigenvalue weighted by molar-refractivity contribution is 5.74. The van der Waals surface area contributed by atoms with Crippen LogP contribution in [0.3, 0.4) is 0 Å². The number of benzene rings is 1. The predicted molar refractivity (Wildman–Crippen MR) is 72.6 cm³/mol. The van der Waals surface area contributed by atoms with Crippen LogP contribution >= 0.6 is 0 Å². The van der Waals surface area contributed by atoms with Crippen molar-refractivity contribution in [3.05, 3.63) is 35.3 Å². The zero-order chi connectivity index (χ0) is 13.3. The lowest BCUT2D eigenvalue weighted by atomic mass is 10.1. The van der Waals surface area contributed by atoms with Crippen LogP contribution in [0.25, 0.3) is 11.3 Å². The van der Waals surface area contributed by atoms with Crippen LogP contribution in [-0.4, -0.2) is 17.1 Å². The maximum Gasteiger partial charge on any atom is 0.126 e. The monoisotopic (exact) mass is 243 g/mol. The first-order chi connectivity index (χ1) is 8.52.